The van der Waals surface area contributed by atoms with Gasteiger partial charge in [0.15, 0.2) is 5.82 Å². The molecule has 0 saturated carbocycles. The van der Waals surface area contributed by atoms with Crippen LogP contribution in [-0.4, -0.2) is 43.7 Å². The number of fused-ring (bicyclic) bond motifs is 1. The summed E-state index contributed by atoms with van der Waals surface area (Å²) in [5, 5.41) is 7.69. The summed E-state index contributed by atoms with van der Waals surface area (Å²) in [4.78, 5) is 10.6. The molecule has 6 nitrogen and oxygen atoms in total. The van der Waals surface area contributed by atoms with Crippen LogP contribution in [0.25, 0.3) is 17.2 Å². The maximum Gasteiger partial charge on any atom is 0.252 e. The van der Waals surface area contributed by atoms with Gasteiger partial charge in [-0.2, -0.15) is 4.98 Å². The summed E-state index contributed by atoms with van der Waals surface area (Å²) in [6, 6.07) is 7.73. The number of halogens is 2. The van der Waals surface area contributed by atoms with Crippen molar-refractivity contribution in [1.82, 2.24) is 24.5 Å². The van der Waals surface area contributed by atoms with Crippen molar-refractivity contribution in [1.29, 1.82) is 0 Å². The monoisotopic (exact) mass is 402 g/mol. The summed E-state index contributed by atoms with van der Waals surface area (Å²) in [5.74, 6) is 1.82. The molecule has 0 aliphatic carbocycles. The standard InChI is InChI=1S/C17H16BrFN6/c1-11(24-6-5-14(19)10-24)21-15-4-2-3-12(7-15)16-22-17-20-8-13(18)9-25(17)23-16/h2-4,7-9,14,21H,1,5-6,10H2/t14-/m0/s1. The Morgan fingerprint density at radius 2 is 2.28 bits per heavy atom. The molecule has 4 rings (SSSR count). The molecule has 1 aromatic carbocycles. The largest absolute Gasteiger partial charge is 0.356 e. The van der Waals surface area contributed by atoms with E-state index >= 15 is 0 Å². The number of aromatic nitrogens is 4. The van der Waals surface area contributed by atoms with E-state index in [9.17, 15) is 4.39 Å². The number of nitrogens with one attached hydrogen (secondary N) is 1. The van der Waals surface area contributed by atoms with E-state index in [-0.39, 0.29) is 0 Å². The first-order valence-corrected chi connectivity index (χ1v) is 8.71. The van der Waals surface area contributed by atoms with Gasteiger partial charge in [0.1, 0.15) is 6.17 Å². The van der Waals surface area contributed by atoms with Gasteiger partial charge in [-0.1, -0.05) is 18.7 Å². The van der Waals surface area contributed by atoms with E-state index in [0.717, 1.165) is 15.7 Å². The molecule has 8 heteroatoms. The number of nitrogens with zero attached hydrogens (tertiary/aromatic N) is 5. The highest BCUT2D eigenvalue weighted by molar-refractivity contribution is 9.10. The predicted octanol–water partition coefficient (Wildman–Crippen LogP) is 3.48. The second-order valence-electron chi connectivity index (χ2n) is 5.94. The van der Waals surface area contributed by atoms with Crippen molar-refractivity contribution in [2.24, 2.45) is 0 Å². The Hall–Kier alpha value is -2.48. The maximum atomic E-state index is 13.3. The van der Waals surface area contributed by atoms with E-state index in [1.807, 2.05) is 35.4 Å². The maximum absolute atomic E-state index is 13.3. The smallest absolute Gasteiger partial charge is 0.252 e. The van der Waals surface area contributed by atoms with Crippen LogP contribution in [-0.2, 0) is 0 Å². The Bertz CT molecular complexity index is 940. The molecule has 1 N–H and O–H groups in total. The van der Waals surface area contributed by atoms with Gasteiger partial charge in [-0.25, -0.2) is 13.9 Å². The molecule has 1 fully saturated rings. The zero-order valence-corrected chi connectivity index (χ0v) is 14.9. The number of hydrogen-bond acceptors (Lipinski definition) is 5. The summed E-state index contributed by atoms with van der Waals surface area (Å²) in [7, 11) is 0. The normalized spacial score (nSPS) is 17.2. The Morgan fingerprint density at radius 1 is 1.40 bits per heavy atom. The van der Waals surface area contributed by atoms with Crippen LogP contribution in [0.3, 0.4) is 0 Å². The Labute approximate surface area is 152 Å². The fraction of sp³-hybridized carbons (Fsp3) is 0.235. The van der Waals surface area contributed by atoms with Crippen molar-refractivity contribution >= 4 is 27.4 Å². The van der Waals surface area contributed by atoms with E-state index in [1.165, 1.54) is 0 Å². The molecule has 0 amide bonds. The molecule has 0 bridgehead atoms. The van der Waals surface area contributed by atoms with Crippen LogP contribution >= 0.6 is 15.9 Å². The highest BCUT2D eigenvalue weighted by Crippen LogP contribution is 2.23. The van der Waals surface area contributed by atoms with Gasteiger partial charge in [0.25, 0.3) is 5.78 Å². The minimum atomic E-state index is -0.779. The van der Waals surface area contributed by atoms with Crippen LogP contribution in [0, 0.1) is 0 Å². The number of hydrogen-bond donors (Lipinski definition) is 1. The van der Waals surface area contributed by atoms with Crippen molar-refractivity contribution in [3.05, 3.63) is 53.5 Å². The topological polar surface area (TPSA) is 58.4 Å². The molecule has 2 aromatic heterocycles. The Kier molecular flexibility index (Phi) is 4.12. The van der Waals surface area contributed by atoms with E-state index in [0.29, 0.717) is 36.9 Å². The fourth-order valence-electron chi connectivity index (χ4n) is 2.83. The molecular formula is C17H16BrFN6. The first kappa shape index (κ1) is 16.0. The van der Waals surface area contributed by atoms with Gasteiger partial charge in [0.2, 0.25) is 0 Å². The molecule has 25 heavy (non-hydrogen) atoms. The third-order valence-corrected chi connectivity index (χ3v) is 4.49. The Balaban J connectivity index is 1.57. The van der Waals surface area contributed by atoms with Crippen LogP contribution in [0.4, 0.5) is 10.1 Å². The lowest BCUT2D eigenvalue weighted by atomic mass is 10.2. The molecule has 0 spiro atoms. The van der Waals surface area contributed by atoms with Crippen molar-refractivity contribution in [2.45, 2.75) is 12.6 Å². The van der Waals surface area contributed by atoms with Gasteiger partial charge in [-0.15, -0.1) is 5.10 Å². The lowest BCUT2D eigenvalue weighted by Crippen LogP contribution is -2.24. The van der Waals surface area contributed by atoms with Crippen LogP contribution in [0.5, 0.6) is 0 Å². The number of rotatable bonds is 4. The van der Waals surface area contributed by atoms with E-state index < -0.39 is 6.17 Å². The average Bonchev–Trinajstić information content (AvgIpc) is 3.21. The molecule has 1 saturated heterocycles. The zero-order valence-electron chi connectivity index (χ0n) is 13.4. The number of alkyl halides is 1. The van der Waals surface area contributed by atoms with Gasteiger partial charge >= 0.3 is 0 Å². The van der Waals surface area contributed by atoms with Gasteiger partial charge in [-0.3, -0.25) is 0 Å². The van der Waals surface area contributed by atoms with Crippen LogP contribution in [0.15, 0.2) is 53.5 Å². The number of benzene rings is 1. The highest BCUT2D eigenvalue weighted by atomic mass is 79.9. The van der Waals surface area contributed by atoms with Crippen LogP contribution < -0.4 is 5.32 Å². The van der Waals surface area contributed by atoms with Crippen molar-refractivity contribution in [2.75, 3.05) is 18.4 Å². The molecular weight excluding hydrogens is 387 g/mol. The molecule has 128 valence electrons. The number of anilines is 1. The molecule has 3 aromatic rings. The highest BCUT2D eigenvalue weighted by Gasteiger charge is 2.22. The van der Waals surface area contributed by atoms with Crippen LogP contribution in [0.1, 0.15) is 6.42 Å². The van der Waals surface area contributed by atoms with E-state index in [1.54, 1.807) is 10.7 Å². The average molecular weight is 403 g/mol. The summed E-state index contributed by atoms with van der Waals surface area (Å²) in [6.45, 7) is 5.08. The van der Waals surface area contributed by atoms with Crippen molar-refractivity contribution < 1.29 is 4.39 Å². The first-order chi connectivity index (χ1) is 12.1. The minimum Gasteiger partial charge on any atom is -0.356 e. The molecule has 1 aliphatic rings. The fourth-order valence-corrected chi connectivity index (χ4v) is 3.12. The molecule has 1 atom stereocenters. The van der Waals surface area contributed by atoms with Gasteiger partial charge in [0.05, 0.1) is 16.8 Å². The van der Waals surface area contributed by atoms with E-state index in [2.05, 4.69) is 42.9 Å². The molecule has 0 radical (unpaired) electrons. The predicted molar refractivity (Wildman–Crippen MR) is 97.8 cm³/mol. The lowest BCUT2D eigenvalue weighted by molar-refractivity contribution is 0.326. The summed E-state index contributed by atoms with van der Waals surface area (Å²) < 4.78 is 15.8. The summed E-state index contributed by atoms with van der Waals surface area (Å²) in [6.07, 6.45) is 3.26. The molecule has 0 unspecified atom stereocenters. The minimum absolute atomic E-state index is 0.389. The van der Waals surface area contributed by atoms with E-state index in [4.69, 9.17) is 0 Å². The lowest BCUT2D eigenvalue weighted by Gasteiger charge is -2.21. The second kappa shape index (κ2) is 6.44. The van der Waals surface area contributed by atoms with Crippen molar-refractivity contribution in [3.8, 4) is 11.4 Å². The first-order valence-electron chi connectivity index (χ1n) is 7.92. The van der Waals surface area contributed by atoms with Gasteiger partial charge < -0.3 is 10.2 Å². The van der Waals surface area contributed by atoms with Crippen LogP contribution in [0.2, 0.25) is 0 Å². The quantitative estimate of drug-likeness (QED) is 0.723. The second-order valence-corrected chi connectivity index (χ2v) is 6.85. The SMILES string of the molecule is C=C(Nc1cccc(-c2nc3ncc(Br)cn3n2)c1)N1CC[C@H](F)C1. The third kappa shape index (κ3) is 3.34. The molecule has 1 aliphatic heterocycles. The Morgan fingerprint density at radius 3 is 3.08 bits per heavy atom. The summed E-state index contributed by atoms with van der Waals surface area (Å²) >= 11 is 3.37. The van der Waals surface area contributed by atoms with Crippen molar-refractivity contribution in [3.63, 3.8) is 0 Å². The molecule has 3 heterocycles. The number of likely N-dealkylation sites (tertiary alicyclic amines) is 1. The zero-order chi connectivity index (χ0) is 17.4. The third-order valence-electron chi connectivity index (χ3n) is 4.08. The van der Waals surface area contributed by atoms with Gasteiger partial charge in [-0.05, 0) is 34.5 Å². The van der Waals surface area contributed by atoms with Gasteiger partial charge in [0, 0.05) is 30.2 Å². The summed E-state index contributed by atoms with van der Waals surface area (Å²) in [5.41, 5.74) is 1.72.